The van der Waals surface area contributed by atoms with E-state index in [1.165, 1.54) is 17.3 Å². The molecule has 2 amide bonds. The third-order valence-corrected chi connectivity index (χ3v) is 3.90. The van der Waals surface area contributed by atoms with Gasteiger partial charge in [-0.05, 0) is 12.8 Å². The first-order valence-electron chi connectivity index (χ1n) is 5.65. The van der Waals surface area contributed by atoms with Gasteiger partial charge in [0.1, 0.15) is 12.7 Å². The summed E-state index contributed by atoms with van der Waals surface area (Å²) in [5.41, 5.74) is 0. The summed E-state index contributed by atoms with van der Waals surface area (Å²) in [5.74, 6) is -0.980. The Morgan fingerprint density at radius 1 is 1.06 bits per heavy atom. The van der Waals surface area contributed by atoms with E-state index in [9.17, 15) is 9.59 Å². The van der Waals surface area contributed by atoms with Gasteiger partial charge in [-0.1, -0.05) is 0 Å². The predicted molar refractivity (Wildman–Crippen MR) is 53.1 cm³/mol. The molecule has 3 aliphatic heterocycles. The molecule has 0 unspecified atom stereocenters. The number of nitrogens with zero attached hydrogens (tertiary/aromatic N) is 4. The molecular formula is C10H10N4O3. The van der Waals surface area contributed by atoms with Crippen LogP contribution >= 0.6 is 0 Å². The number of carbonyl (C=O) groups is 2. The van der Waals surface area contributed by atoms with Crippen LogP contribution in [0.3, 0.4) is 0 Å². The fraction of sp³-hybridized carbons (Fsp3) is 0.600. The molecule has 7 heteroatoms. The van der Waals surface area contributed by atoms with Crippen molar-refractivity contribution in [1.29, 1.82) is 0 Å². The molecule has 4 atom stereocenters. The molecule has 0 saturated carbocycles. The molecule has 3 saturated heterocycles. The van der Waals surface area contributed by atoms with Crippen LogP contribution in [0.15, 0.2) is 12.7 Å². The monoisotopic (exact) mass is 234 g/mol. The Morgan fingerprint density at radius 2 is 1.59 bits per heavy atom. The first kappa shape index (κ1) is 9.29. The van der Waals surface area contributed by atoms with E-state index in [0.29, 0.717) is 0 Å². The number of imide groups is 1. The summed E-state index contributed by atoms with van der Waals surface area (Å²) in [5, 5.41) is 8.38. The molecule has 0 spiro atoms. The Kier molecular flexibility index (Phi) is 1.60. The van der Waals surface area contributed by atoms with Gasteiger partial charge in [-0.2, -0.15) is 5.01 Å². The van der Waals surface area contributed by atoms with Crippen molar-refractivity contribution in [3.05, 3.63) is 12.7 Å². The lowest BCUT2D eigenvalue weighted by atomic mass is 9.81. The minimum Gasteiger partial charge on any atom is -0.373 e. The lowest BCUT2D eigenvalue weighted by Gasteiger charge is -2.16. The number of amides is 2. The van der Waals surface area contributed by atoms with Crippen molar-refractivity contribution in [2.45, 2.75) is 25.0 Å². The standard InChI is InChI=1S/C10H10N4O3/c15-9-7-5-1-2-6(17-5)8(7)10(16)14(9)13-3-11-12-4-13/h3-8H,1-2H2/t5-,6-,7-,8+/m0/s1. The lowest BCUT2D eigenvalue weighted by molar-refractivity contribution is -0.127. The smallest absolute Gasteiger partial charge is 0.255 e. The second-order valence-corrected chi connectivity index (χ2v) is 4.67. The molecule has 0 aliphatic carbocycles. The summed E-state index contributed by atoms with van der Waals surface area (Å²) in [7, 11) is 0. The lowest BCUT2D eigenvalue weighted by Crippen LogP contribution is -2.42. The van der Waals surface area contributed by atoms with Crippen molar-refractivity contribution in [2.24, 2.45) is 11.8 Å². The molecule has 2 bridgehead atoms. The second-order valence-electron chi connectivity index (χ2n) is 4.67. The predicted octanol–water partition coefficient (Wildman–Crippen LogP) is -0.924. The molecule has 1 aromatic rings. The number of hydrogen-bond donors (Lipinski definition) is 0. The molecular weight excluding hydrogens is 224 g/mol. The Balaban J connectivity index is 1.77. The highest BCUT2D eigenvalue weighted by molar-refractivity contribution is 6.17. The first-order chi connectivity index (χ1) is 8.27. The molecule has 0 radical (unpaired) electrons. The van der Waals surface area contributed by atoms with Crippen LogP contribution in [0.4, 0.5) is 0 Å². The van der Waals surface area contributed by atoms with Crippen LogP contribution in [-0.4, -0.2) is 38.9 Å². The van der Waals surface area contributed by atoms with Crippen molar-refractivity contribution in [3.63, 3.8) is 0 Å². The van der Waals surface area contributed by atoms with E-state index in [0.717, 1.165) is 17.9 Å². The molecule has 0 aromatic carbocycles. The van der Waals surface area contributed by atoms with Gasteiger partial charge in [0.15, 0.2) is 0 Å². The third kappa shape index (κ3) is 0.998. The SMILES string of the molecule is O=C1[C@@H]2[C@H](C(=O)N1n1cnnc1)[C@@H]1CC[C@@H]2O1. The number of rotatable bonds is 1. The summed E-state index contributed by atoms with van der Waals surface area (Å²) in [4.78, 5) is 24.5. The number of carbonyl (C=O) groups excluding carboxylic acids is 2. The Labute approximate surface area is 96.3 Å². The number of ether oxygens (including phenoxy) is 1. The summed E-state index contributed by atoms with van der Waals surface area (Å²) in [6.45, 7) is 0. The quantitative estimate of drug-likeness (QED) is 0.587. The van der Waals surface area contributed by atoms with E-state index in [4.69, 9.17) is 4.74 Å². The molecule has 1 aromatic heterocycles. The Hall–Kier alpha value is -1.76. The van der Waals surface area contributed by atoms with Crippen LogP contribution in [0.1, 0.15) is 12.8 Å². The van der Waals surface area contributed by atoms with Crippen molar-refractivity contribution in [1.82, 2.24) is 14.9 Å². The normalized spacial score (nSPS) is 39.2. The minimum absolute atomic E-state index is 0.0806. The molecule has 7 nitrogen and oxygen atoms in total. The minimum atomic E-state index is -0.302. The zero-order valence-corrected chi connectivity index (χ0v) is 8.89. The molecule has 17 heavy (non-hydrogen) atoms. The average Bonchev–Trinajstić information content (AvgIpc) is 3.03. The van der Waals surface area contributed by atoms with Gasteiger partial charge in [-0.15, -0.1) is 10.2 Å². The molecule has 0 N–H and O–H groups in total. The van der Waals surface area contributed by atoms with Crippen molar-refractivity contribution < 1.29 is 14.3 Å². The van der Waals surface area contributed by atoms with Gasteiger partial charge in [-0.3, -0.25) is 9.59 Å². The van der Waals surface area contributed by atoms with E-state index in [-0.39, 0.29) is 35.9 Å². The second kappa shape index (κ2) is 2.92. The maximum atomic E-state index is 12.2. The van der Waals surface area contributed by atoms with E-state index in [1.54, 1.807) is 0 Å². The topological polar surface area (TPSA) is 77.3 Å². The van der Waals surface area contributed by atoms with Crippen molar-refractivity contribution in [2.75, 3.05) is 5.01 Å². The average molecular weight is 234 g/mol. The van der Waals surface area contributed by atoms with Gasteiger partial charge >= 0.3 is 0 Å². The van der Waals surface area contributed by atoms with Gasteiger partial charge in [0.25, 0.3) is 11.8 Å². The van der Waals surface area contributed by atoms with Gasteiger partial charge in [0, 0.05) is 0 Å². The Bertz CT molecular complexity index is 472. The van der Waals surface area contributed by atoms with Crippen molar-refractivity contribution >= 4 is 11.8 Å². The van der Waals surface area contributed by atoms with Crippen LogP contribution in [0.25, 0.3) is 0 Å². The maximum absolute atomic E-state index is 12.2. The summed E-state index contributed by atoms with van der Waals surface area (Å²) < 4.78 is 6.99. The number of fused-ring (bicyclic) bond motifs is 5. The molecule has 88 valence electrons. The van der Waals surface area contributed by atoms with Crippen LogP contribution in [0, 0.1) is 11.8 Å². The van der Waals surface area contributed by atoms with Crippen molar-refractivity contribution in [3.8, 4) is 0 Å². The Morgan fingerprint density at radius 3 is 2.12 bits per heavy atom. The maximum Gasteiger partial charge on any atom is 0.255 e. The number of hydrogen-bond acceptors (Lipinski definition) is 5. The van der Waals surface area contributed by atoms with Crippen LogP contribution in [-0.2, 0) is 14.3 Å². The summed E-state index contributed by atoms with van der Waals surface area (Å²) in [6, 6.07) is 0. The van der Waals surface area contributed by atoms with Crippen LogP contribution in [0.2, 0.25) is 0 Å². The zero-order valence-electron chi connectivity index (χ0n) is 8.89. The van der Waals surface area contributed by atoms with Gasteiger partial charge in [0.05, 0.1) is 24.0 Å². The largest absolute Gasteiger partial charge is 0.373 e. The first-order valence-corrected chi connectivity index (χ1v) is 5.65. The van der Waals surface area contributed by atoms with E-state index < -0.39 is 0 Å². The molecule has 3 fully saturated rings. The van der Waals surface area contributed by atoms with E-state index in [1.807, 2.05) is 0 Å². The van der Waals surface area contributed by atoms with E-state index >= 15 is 0 Å². The highest BCUT2D eigenvalue weighted by Gasteiger charge is 2.63. The highest BCUT2D eigenvalue weighted by atomic mass is 16.5. The summed E-state index contributed by atoms with van der Waals surface area (Å²) in [6.07, 6.45) is 4.31. The number of aromatic nitrogens is 3. The zero-order chi connectivity index (χ0) is 11.6. The van der Waals surface area contributed by atoms with Gasteiger partial charge < -0.3 is 4.74 Å². The van der Waals surface area contributed by atoms with E-state index in [2.05, 4.69) is 10.2 Å². The third-order valence-electron chi connectivity index (χ3n) is 3.90. The summed E-state index contributed by atoms with van der Waals surface area (Å²) >= 11 is 0. The highest BCUT2D eigenvalue weighted by Crippen LogP contribution is 2.47. The molecule has 4 heterocycles. The van der Waals surface area contributed by atoms with Gasteiger partial charge in [0.2, 0.25) is 0 Å². The molecule has 3 aliphatic rings. The fourth-order valence-electron chi connectivity index (χ4n) is 3.22. The molecule has 4 rings (SSSR count). The fourth-order valence-corrected chi connectivity index (χ4v) is 3.22. The van der Waals surface area contributed by atoms with Gasteiger partial charge in [-0.25, -0.2) is 4.68 Å². The van der Waals surface area contributed by atoms with Crippen LogP contribution in [0.5, 0.6) is 0 Å². The van der Waals surface area contributed by atoms with Crippen LogP contribution < -0.4 is 5.01 Å².